The van der Waals surface area contributed by atoms with Crippen molar-refractivity contribution in [2.75, 3.05) is 19.6 Å². The molecule has 98 valence electrons. The van der Waals surface area contributed by atoms with Crippen molar-refractivity contribution in [2.24, 2.45) is 0 Å². The maximum absolute atomic E-state index is 13.5. The number of carbonyl (C=O) groups excluding carboxylic acids is 1. The SMILES string of the molecule is O=C(CN1CCCCCC1)c1ccc(F)cc1F. The third kappa shape index (κ3) is 3.35. The van der Waals surface area contributed by atoms with Crippen molar-refractivity contribution >= 4 is 5.78 Å². The van der Waals surface area contributed by atoms with Crippen LogP contribution in [0.2, 0.25) is 0 Å². The van der Waals surface area contributed by atoms with Crippen LogP contribution in [0.3, 0.4) is 0 Å². The van der Waals surface area contributed by atoms with Crippen LogP contribution in [0.25, 0.3) is 0 Å². The molecule has 0 amide bonds. The van der Waals surface area contributed by atoms with E-state index >= 15 is 0 Å². The Hall–Kier alpha value is -1.29. The van der Waals surface area contributed by atoms with Crippen LogP contribution in [0.15, 0.2) is 18.2 Å². The summed E-state index contributed by atoms with van der Waals surface area (Å²) in [5, 5.41) is 0. The highest BCUT2D eigenvalue weighted by Gasteiger charge is 2.17. The van der Waals surface area contributed by atoms with E-state index in [1.54, 1.807) is 0 Å². The fourth-order valence-electron chi connectivity index (χ4n) is 2.30. The zero-order valence-corrected chi connectivity index (χ0v) is 10.3. The Bertz CT molecular complexity index is 426. The maximum atomic E-state index is 13.5. The standard InChI is InChI=1S/C14H17F2NO/c15-11-5-6-12(13(16)9-11)14(18)10-17-7-3-1-2-4-8-17/h5-6,9H,1-4,7-8,10H2. The van der Waals surface area contributed by atoms with Gasteiger partial charge in [0.05, 0.1) is 12.1 Å². The number of hydrogen-bond acceptors (Lipinski definition) is 2. The first kappa shape index (κ1) is 13.1. The van der Waals surface area contributed by atoms with Gasteiger partial charge in [-0.15, -0.1) is 0 Å². The van der Waals surface area contributed by atoms with E-state index in [4.69, 9.17) is 0 Å². The Balaban J connectivity index is 2.02. The minimum Gasteiger partial charge on any atom is -0.296 e. The smallest absolute Gasteiger partial charge is 0.179 e. The molecule has 1 aromatic rings. The monoisotopic (exact) mass is 253 g/mol. The largest absolute Gasteiger partial charge is 0.296 e. The van der Waals surface area contributed by atoms with Gasteiger partial charge in [0, 0.05) is 6.07 Å². The first-order valence-electron chi connectivity index (χ1n) is 6.37. The Labute approximate surface area is 106 Å². The lowest BCUT2D eigenvalue weighted by molar-refractivity contribution is 0.0929. The number of rotatable bonds is 3. The predicted molar refractivity (Wildman–Crippen MR) is 65.6 cm³/mol. The van der Waals surface area contributed by atoms with Gasteiger partial charge in [0.1, 0.15) is 11.6 Å². The average molecular weight is 253 g/mol. The highest BCUT2D eigenvalue weighted by molar-refractivity contribution is 5.97. The molecule has 18 heavy (non-hydrogen) atoms. The van der Waals surface area contributed by atoms with E-state index in [9.17, 15) is 13.6 Å². The van der Waals surface area contributed by atoms with Crippen LogP contribution in [0, 0.1) is 11.6 Å². The molecule has 1 aliphatic heterocycles. The number of nitrogens with zero attached hydrogens (tertiary/aromatic N) is 1. The third-order valence-electron chi connectivity index (χ3n) is 3.30. The van der Waals surface area contributed by atoms with Crippen LogP contribution in [-0.2, 0) is 0 Å². The van der Waals surface area contributed by atoms with Gasteiger partial charge in [-0.25, -0.2) is 8.78 Å². The predicted octanol–water partition coefficient (Wildman–Crippen LogP) is 3.02. The number of benzene rings is 1. The molecule has 1 fully saturated rings. The van der Waals surface area contributed by atoms with Gasteiger partial charge in [-0.05, 0) is 38.1 Å². The molecular formula is C14H17F2NO. The zero-order chi connectivity index (χ0) is 13.0. The van der Waals surface area contributed by atoms with Gasteiger partial charge < -0.3 is 0 Å². The molecule has 0 unspecified atom stereocenters. The summed E-state index contributed by atoms with van der Waals surface area (Å²) in [7, 11) is 0. The minimum atomic E-state index is -0.769. The number of hydrogen-bond donors (Lipinski definition) is 0. The number of carbonyl (C=O) groups is 1. The Morgan fingerprint density at radius 3 is 2.39 bits per heavy atom. The summed E-state index contributed by atoms with van der Waals surface area (Å²) in [5.74, 6) is -1.69. The van der Waals surface area contributed by atoms with E-state index in [2.05, 4.69) is 4.90 Å². The molecule has 1 aromatic carbocycles. The molecule has 1 aliphatic rings. The number of Topliss-reactive ketones (excluding diaryl/α,β-unsaturated/α-hetero) is 1. The highest BCUT2D eigenvalue weighted by Crippen LogP contribution is 2.13. The van der Waals surface area contributed by atoms with Gasteiger partial charge in [-0.3, -0.25) is 9.69 Å². The van der Waals surface area contributed by atoms with Gasteiger partial charge in [-0.2, -0.15) is 0 Å². The average Bonchev–Trinajstić information content (AvgIpc) is 2.57. The normalized spacial score (nSPS) is 17.4. The molecule has 0 atom stereocenters. The zero-order valence-electron chi connectivity index (χ0n) is 10.3. The van der Waals surface area contributed by atoms with Crippen molar-refractivity contribution in [1.82, 2.24) is 4.90 Å². The van der Waals surface area contributed by atoms with E-state index in [1.165, 1.54) is 18.9 Å². The molecule has 0 spiro atoms. The minimum absolute atomic E-state index is 0.0133. The van der Waals surface area contributed by atoms with E-state index in [0.717, 1.165) is 38.1 Å². The second-order valence-corrected chi connectivity index (χ2v) is 4.74. The van der Waals surface area contributed by atoms with Gasteiger partial charge >= 0.3 is 0 Å². The highest BCUT2D eigenvalue weighted by atomic mass is 19.1. The molecule has 0 N–H and O–H groups in total. The topological polar surface area (TPSA) is 20.3 Å². The fourth-order valence-corrected chi connectivity index (χ4v) is 2.30. The van der Waals surface area contributed by atoms with Crippen LogP contribution < -0.4 is 0 Å². The number of likely N-dealkylation sites (tertiary alicyclic amines) is 1. The molecule has 0 bridgehead atoms. The van der Waals surface area contributed by atoms with Crippen molar-refractivity contribution in [3.63, 3.8) is 0 Å². The van der Waals surface area contributed by atoms with Crippen molar-refractivity contribution < 1.29 is 13.6 Å². The molecule has 1 heterocycles. The lowest BCUT2D eigenvalue weighted by Crippen LogP contribution is -2.31. The van der Waals surface area contributed by atoms with Gasteiger partial charge in [0.2, 0.25) is 0 Å². The lowest BCUT2D eigenvalue weighted by Gasteiger charge is -2.18. The first-order valence-corrected chi connectivity index (χ1v) is 6.37. The van der Waals surface area contributed by atoms with Crippen LogP contribution >= 0.6 is 0 Å². The van der Waals surface area contributed by atoms with Crippen LogP contribution in [0.4, 0.5) is 8.78 Å². The molecule has 0 saturated carbocycles. The Morgan fingerprint density at radius 2 is 1.78 bits per heavy atom. The molecule has 0 radical (unpaired) electrons. The first-order chi connectivity index (χ1) is 8.66. The summed E-state index contributed by atoms with van der Waals surface area (Å²) < 4.78 is 26.2. The van der Waals surface area contributed by atoms with E-state index in [1.807, 2.05) is 0 Å². The molecule has 2 nitrogen and oxygen atoms in total. The Kier molecular flexibility index (Phi) is 4.42. The molecule has 2 rings (SSSR count). The second kappa shape index (κ2) is 6.05. The summed E-state index contributed by atoms with van der Waals surface area (Å²) in [6.07, 6.45) is 4.55. The van der Waals surface area contributed by atoms with E-state index in [0.29, 0.717) is 0 Å². The summed E-state index contributed by atoms with van der Waals surface area (Å²) in [6.45, 7) is 1.99. The van der Waals surface area contributed by atoms with E-state index in [-0.39, 0.29) is 17.9 Å². The molecule has 4 heteroatoms. The fraction of sp³-hybridized carbons (Fsp3) is 0.500. The summed E-state index contributed by atoms with van der Waals surface area (Å²) in [4.78, 5) is 14.0. The van der Waals surface area contributed by atoms with Crippen LogP contribution in [-0.4, -0.2) is 30.3 Å². The Morgan fingerprint density at radius 1 is 1.11 bits per heavy atom. The van der Waals surface area contributed by atoms with Crippen LogP contribution in [0.1, 0.15) is 36.0 Å². The van der Waals surface area contributed by atoms with Crippen molar-refractivity contribution in [3.05, 3.63) is 35.4 Å². The van der Waals surface area contributed by atoms with Crippen molar-refractivity contribution in [2.45, 2.75) is 25.7 Å². The number of halogens is 2. The molecule has 1 saturated heterocycles. The lowest BCUT2D eigenvalue weighted by atomic mass is 10.1. The summed E-state index contributed by atoms with van der Waals surface area (Å²) in [5.41, 5.74) is -0.0133. The quantitative estimate of drug-likeness (QED) is 0.772. The number of ketones is 1. The van der Waals surface area contributed by atoms with Crippen molar-refractivity contribution in [3.8, 4) is 0 Å². The van der Waals surface area contributed by atoms with Gasteiger partial charge in [-0.1, -0.05) is 12.8 Å². The molecular weight excluding hydrogens is 236 g/mol. The molecule has 0 aromatic heterocycles. The van der Waals surface area contributed by atoms with Crippen molar-refractivity contribution in [1.29, 1.82) is 0 Å². The van der Waals surface area contributed by atoms with Gasteiger partial charge in [0.15, 0.2) is 5.78 Å². The van der Waals surface area contributed by atoms with Crippen LogP contribution in [0.5, 0.6) is 0 Å². The molecule has 0 aliphatic carbocycles. The maximum Gasteiger partial charge on any atom is 0.179 e. The van der Waals surface area contributed by atoms with Gasteiger partial charge in [0.25, 0.3) is 0 Å². The third-order valence-corrected chi connectivity index (χ3v) is 3.30. The summed E-state index contributed by atoms with van der Waals surface area (Å²) in [6, 6.07) is 3.11. The van der Waals surface area contributed by atoms with E-state index < -0.39 is 11.6 Å². The summed E-state index contributed by atoms with van der Waals surface area (Å²) >= 11 is 0. The second-order valence-electron chi connectivity index (χ2n) is 4.74.